The zero-order valence-corrected chi connectivity index (χ0v) is 9.69. The van der Waals surface area contributed by atoms with Crippen LogP contribution < -0.4 is 0 Å². The van der Waals surface area contributed by atoms with Crippen molar-refractivity contribution in [3.05, 3.63) is 59.2 Å². The molecule has 0 aliphatic heterocycles. The number of phenols is 1. The van der Waals surface area contributed by atoms with E-state index in [1.54, 1.807) is 25.1 Å². The largest absolute Gasteiger partial charge is 0.507 e. The number of para-hydroxylation sites is 1. The van der Waals surface area contributed by atoms with Crippen LogP contribution in [0.5, 0.6) is 5.75 Å². The lowest BCUT2D eigenvalue weighted by molar-refractivity contribution is 0.470. The summed E-state index contributed by atoms with van der Waals surface area (Å²) in [5.74, 6) is -1.86. The molecular weight excluding hydrogens is 236 g/mol. The minimum absolute atomic E-state index is 0.0815. The Bertz CT molecular complexity index is 555. The summed E-state index contributed by atoms with van der Waals surface area (Å²) >= 11 is 0. The second-order valence-electron chi connectivity index (χ2n) is 3.84. The minimum Gasteiger partial charge on any atom is -0.507 e. The van der Waals surface area contributed by atoms with Gasteiger partial charge in [-0.25, -0.2) is 8.78 Å². The molecule has 92 valence electrons. The van der Waals surface area contributed by atoms with E-state index in [0.717, 1.165) is 6.07 Å². The van der Waals surface area contributed by atoms with Gasteiger partial charge in [-0.15, -0.1) is 0 Å². The maximum absolute atomic E-state index is 13.3. The molecule has 1 N–H and O–H groups in total. The van der Waals surface area contributed by atoms with E-state index in [2.05, 4.69) is 4.99 Å². The van der Waals surface area contributed by atoms with Gasteiger partial charge in [-0.1, -0.05) is 18.2 Å². The molecule has 18 heavy (non-hydrogen) atoms. The van der Waals surface area contributed by atoms with Crippen LogP contribution in [0.4, 0.5) is 14.5 Å². The number of nitrogens with zero attached hydrogens (tertiary/aromatic N) is 1. The number of hydrogen-bond donors (Lipinski definition) is 1. The Hall–Kier alpha value is -2.23. The van der Waals surface area contributed by atoms with Crippen molar-refractivity contribution in [2.24, 2.45) is 4.99 Å². The Morgan fingerprint density at radius 1 is 1.11 bits per heavy atom. The summed E-state index contributed by atoms with van der Waals surface area (Å²) in [5, 5.41) is 9.74. The second kappa shape index (κ2) is 4.96. The molecule has 0 unspecified atom stereocenters. The van der Waals surface area contributed by atoms with E-state index < -0.39 is 11.6 Å². The summed E-state index contributed by atoms with van der Waals surface area (Å²) < 4.78 is 26.3. The van der Waals surface area contributed by atoms with Crippen molar-refractivity contribution in [2.75, 3.05) is 0 Å². The van der Waals surface area contributed by atoms with Gasteiger partial charge in [0.1, 0.15) is 11.4 Å². The highest BCUT2D eigenvalue weighted by molar-refractivity contribution is 5.85. The first kappa shape index (κ1) is 12.2. The normalized spacial score (nSPS) is 11.1. The summed E-state index contributed by atoms with van der Waals surface area (Å²) in [7, 11) is 0. The molecule has 0 aliphatic rings. The SMILES string of the molecule is Cc1cccc(C=Nc2cccc(F)c2F)c1O. The summed E-state index contributed by atoms with van der Waals surface area (Å²) in [6.45, 7) is 1.75. The molecule has 0 aromatic heterocycles. The van der Waals surface area contributed by atoms with Crippen molar-refractivity contribution in [2.45, 2.75) is 6.92 Å². The molecule has 0 radical (unpaired) electrons. The molecule has 0 heterocycles. The van der Waals surface area contributed by atoms with Crippen LogP contribution in [0.1, 0.15) is 11.1 Å². The third kappa shape index (κ3) is 2.37. The van der Waals surface area contributed by atoms with Crippen LogP contribution in [-0.4, -0.2) is 11.3 Å². The number of aromatic hydroxyl groups is 1. The quantitative estimate of drug-likeness (QED) is 0.806. The van der Waals surface area contributed by atoms with Gasteiger partial charge >= 0.3 is 0 Å². The number of benzene rings is 2. The van der Waals surface area contributed by atoms with Crippen LogP contribution in [0, 0.1) is 18.6 Å². The third-order valence-electron chi connectivity index (χ3n) is 2.54. The lowest BCUT2D eigenvalue weighted by Gasteiger charge is -2.02. The first-order valence-corrected chi connectivity index (χ1v) is 5.36. The van der Waals surface area contributed by atoms with Crippen molar-refractivity contribution in [3.8, 4) is 5.75 Å². The first-order valence-electron chi connectivity index (χ1n) is 5.36. The number of halogens is 2. The van der Waals surface area contributed by atoms with Crippen LogP contribution >= 0.6 is 0 Å². The fraction of sp³-hybridized carbons (Fsp3) is 0.0714. The Balaban J connectivity index is 2.36. The van der Waals surface area contributed by atoms with Gasteiger partial charge in [0.25, 0.3) is 0 Å². The van der Waals surface area contributed by atoms with Crippen LogP contribution in [0.3, 0.4) is 0 Å². The van der Waals surface area contributed by atoms with Crippen LogP contribution in [0.15, 0.2) is 41.4 Å². The van der Waals surface area contributed by atoms with Crippen LogP contribution in [0.25, 0.3) is 0 Å². The first-order chi connectivity index (χ1) is 8.59. The molecule has 2 aromatic carbocycles. The maximum Gasteiger partial charge on any atom is 0.184 e. The summed E-state index contributed by atoms with van der Waals surface area (Å²) in [6, 6.07) is 8.90. The van der Waals surface area contributed by atoms with E-state index in [-0.39, 0.29) is 11.4 Å². The lowest BCUT2D eigenvalue weighted by atomic mass is 10.1. The number of hydrogen-bond acceptors (Lipinski definition) is 2. The molecule has 0 saturated carbocycles. The van der Waals surface area contributed by atoms with Crippen molar-refractivity contribution < 1.29 is 13.9 Å². The van der Waals surface area contributed by atoms with Gasteiger partial charge < -0.3 is 5.11 Å². The standard InChI is InChI=1S/C14H11F2NO/c1-9-4-2-5-10(14(9)18)8-17-12-7-3-6-11(15)13(12)16/h2-8,18H,1H3. The average molecular weight is 247 g/mol. The molecule has 4 heteroatoms. The lowest BCUT2D eigenvalue weighted by Crippen LogP contribution is -1.87. The predicted molar refractivity (Wildman–Crippen MR) is 66.5 cm³/mol. The van der Waals surface area contributed by atoms with Crippen LogP contribution in [-0.2, 0) is 0 Å². The summed E-state index contributed by atoms with van der Waals surface area (Å²) in [5.41, 5.74) is 1.05. The fourth-order valence-electron chi connectivity index (χ4n) is 1.52. The summed E-state index contributed by atoms with van der Waals surface area (Å²) in [6.07, 6.45) is 1.31. The summed E-state index contributed by atoms with van der Waals surface area (Å²) in [4.78, 5) is 3.84. The smallest absolute Gasteiger partial charge is 0.184 e. The van der Waals surface area contributed by atoms with Crippen molar-refractivity contribution in [3.63, 3.8) is 0 Å². The molecule has 0 bridgehead atoms. The number of aliphatic imine (C=N–C) groups is 1. The van der Waals surface area contributed by atoms with Crippen molar-refractivity contribution in [1.82, 2.24) is 0 Å². The maximum atomic E-state index is 13.3. The molecule has 0 atom stereocenters. The van der Waals surface area contributed by atoms with Crippen molar-refractivity contribution >= 4 is 11.9 Å². The van der Waals surface area contributed by atoms with E-state index in [4.69, 9.17) is 0 Å². The molecular formula is C14H11F2NO. The van der Waals surface area contributed by atoms with Gasteiger partial charge in [-0.05, 0) is 30.7 Å². The van der Waals surface area contributed by atoms with Gasteiger partial charge in [0.05, 0.1) is 0 Å². The average Bonchev–Trinajstić information content (AvgIpc) is 2.36. The zero-order valence-electron chi connectivity index (χ0n) is 9.69. The molecule has 0 amide bonds. The number of aryl methyl sites for hydroxylation is 1. The Labute approximate surface area is 103 Å². The topological polar surface area (TPSA) is 32.6 Å². The van der Waals surface area contributed by atoms with E-state index in [1.165, 1.54) is 18.3 Å². The van der Waals surface area contributed by atoms with Gasteiger partial charge in [0.15, 0.2) is 11.6 Å². The van der Waals surface area contributed by atoms with Gasteiger partial charge in [-0.2, -0.15) is 0 Å². The van der Waals surface area contributed by atoms with Gasteiger partial charge in [0.2, 0.25) is 0 Å². The monoisotopic (exact) mass is 247 g/mol. The Morgan fingerprint density at radius 2 is 1.83 bits per heavy atom. The van der Waals surface area contributed by atoms with E-state index in [9.17, 15) is 13.9 Å². The van der Waals surface area contributed by atoms with Crippen molar-refractivity contribution in [1.29, 1.82) is 0 Å². The highest BCUT2D eigenvalue weighted by Crippen LogP contribution is 2.23. The number of rotatable bonds is 2. The Morgan fingerprint density at radius 3 is 2.61 bits per heavy atom. The van der Waals surface area contributed by atoms with E-state index in [0.29, 0.717) is 11.1 Å². The molecule has 2 rings (SSSR count). The number of phenolic OH excluding ortho intramolecular Hbond substituents is 1. The minimum atomic E-state index is -0.999. The van der Waals surface area contributed by atoms with Gasteiger partial charge in [-0.3, -0.25) is 4.99 Å². The molecule has 0 fully saturated rings. The van der Waals surface area contributed by atoms with Crippen LogP contribution in [0.2, 0.25) is 0 Å². The molecule has 0 aliphatic carbocycles. The molecule has 2 nitrogen and oxygen atoms in total. The third-order valence-corrected chi connectivity index (χ3v) is 2.54. The fourth-order valence-corrected chi connectivity index (χ4v) is 1.52. The highest BCUT2D eigenvalue weighted by atomic mass is 19.2. The molecule has 2 aromatic rings. The van der Waals surface area contributed by atoms with Gasteiger partial charge in [0, 0.05) is 11.8 Å². The Kier molecular flexibility index (Phi) is 3.37. The molecule has 0 saturated heterocycles. The van der Waals surface area contributed by atoms with E-state index in [1.807, 2.05) is 0 Å². The zero-order chi connectivity index (χ0) is 13.1. The second-order valence-corrected chi connectivity index (χ2v) is 3.84. The van der Waals surface area contributed by atoms with E-state index >= 15 is 0 Å². The predicted octanol–water partition coefficient (Wildman–Crippen LogP) is 3.73. The highest BCUT2D eigenvalue weighted by Gasteiger charge is 2.06. The molecule has 0 spiro atoms.